The zero-order valence-electron chi connectivity index (χ0n) is 10.2. The number of alkyl halides is 4. The molecule has 0 saturated heterocycles. The second-order valence-electron chi connectivity index (χ2n) is 4.67. The van der Waals surface area contributed by atoms with Gasteiger partial charge in [0.1, 0.15) is 0 Å². The molecular formula is C12H14F4O2. The van der Waals surface area contributed by atoms with E-state index in [9.17, 15) is 17.6 Å². The van der Waals surface area contributed by atoms with E-state index in [1.165, 1.54) is 18.2 Å². The van der Waals surface area contributed by atoms with Crippen LogP contribution in [-0.2, 0) is 5.41 Å². The van der Waals surface area contributed by atoms with Gasteiger partial charge in [-0.2, -0.15) is 17.6 Å². The summed E-state index contributed by atoms with van der Waals surface area (Å²) in [6.45, 7) is -0.599. The van der Waals surface area contributed by atoms with Crippen molar-refractivity contribution in [2.75, 3.05) is 0 Å². The molecule has 18 heavy (non-hydrogen) atoms. The molecule has 0 N–H and O–H groups in total. The van der Waals surface area contributed by atoms with Crippen molar-refractivity contribution in [2.24, 2.45) is 0 Å². The summed E-state index contributed by atoms with van der Waals surface area (Å²) in [4.78, 5) is 0. The van der Waals surface area contributed by atoms with Gasteiger partial charge in [0.15, 0.2) is 11.5 Å². The van der Waals surface area contributed by atoms with Crippen molar-refractivity contribution in [1.29, 1.82) is 0 Å². The van der Waals surface area contributed by atoms with Crippen molar-refractivity contribution in [3.8, 4) is 11.5 Å². The Kier molecular flexibility index (Phi) is 4.43. The van der Waals surface area contributed by atoms with E-state index in [-0.39, 0.29) is 5.41 Å². The molecule has 102 valence electrons. The molecular weight excluding hydrogens is 252 g/mol. The predicted molar refractivity (Wildman–Crippen MR) is 58.4 cm³/mol. The summed E-state index contributed by atoms with van der Waals surface area (Å²) in [5, 5.41) is 0. The molecule has 1 rings (SSSR count). The smallest absolute Gasteiger partial charge is 0.387 e. The van der Waals surface area contributed by atoms with Crippen LogP contribution in [-0.4, -0.2) is 13.2 Å². The molecule has 0 radical (unpaired) electrons. The second-order valence-corrected chi connectivity index (χ2v) is 4.67. The maximum Gasteiger partial charge on any atom is 0.387 e. The third-order valence-corrected chi connectivity index (χ3v) is 2.24. The lowest BCUT2D eigenvalue weighted by Gasteiger charge is -2.21. The zero-order valence-corrected chi connectivity index (χ0v) is 10.2. The summed E-state index contributed by atoms with van der Waals surface area (Å²) in [6, 6.07) is 4.02. The van der Waals surface area contributed by atoms with Gasteiger partial charge in [-0.15, -0.1) is 0 Å². The number of hydrogen-bond donors (Lipinski definition) is 0. The van der Waals surface area contributed by atoms with E-state index in [1.807, 2.05) is 20.8 Å². The molecule has 0 aliphatic heterocycles. The van der Waals surface area contributed by atoms with E-state index >= 15 is 0 Å². The topological polar surface area (TPSA) is 18.5 Å². The van der Waals surface area contributed by atoms with Crippen LogP contribution < -0.4 is 9.47 Å². The van der Waals surface area contributed by atoms with Crippen molar-refractivity contribution in [1.82, 2.24) is 0 Å². The Morgan fingerprint density at radius 2 is 1.39 bits per heavy atom. The number of ether oxygens (including phenoxy) is 2. The first-order valence-electron chi connectivity index (χ1n) is 5.24. The Labute approximate surface area is 103 Å². The first kappa shape index (κ1) is 14.6. The predicted octanol–water partition coefficient (Wildman–Crippen LogP) is 4.19. The fourth-order valence-corrected chi connectivity index (χ4v) is 1.36. The Morgan fingerprint density at radius 3 is 1.83 bits per heavy atom. The molecule has 0 atom stereocenters. The van der Waals surface area contributed by atoms with Crippen molar-refractivity contribution in [2.45, 2.75) is 39.4 Å². The lowest BCUT2D eigenvalue weighted by Crippen LogP contribution is -2.13. The van der Waals surface area contributed by atoms with Crippen LogP contribution in [0.4, 0.5) is 17.6 Å². The van der Waals surface area contributed by atoms with Crippen molar-refractivity contribution in [3.63, 3.8) is 0 Å². The highest BCUT2D eigenvalue weighted by atomic mass is 19.3. The number of halogens is 4. The van der Waals surface area contributed by atoms with Crippen molar-refractivity contribution < 1.29 is 27.0 Å². The van der Waals surface area contributed by atoms with Gasteiger partial charge in [-0.25, -0.2) is 0 Å². The van der Waals surface area contributed by atoms with Gasteiger partial charge in [0.2, 0.25) is 0 Å². The lowest BCUT2D eigenvalue weighted by molar-refractivity contribution is -0.0693. The highest BCUT2D eigenvalue weighted by Gasteiger charge is 2.20. The van der Waals surface area contributed by atoms with E-state index in [4.69, 9.17) is 0 Å². The Morgan fingerprint density at radius 1 is 0.889 bits per heavy atom. The third kappa shape index (κ3) is 4.09. The van der Waals surface area contributed by atoms with E-state index in [0.29, 0.717) is 5.56 Å². The minimum atomic E-state index is -3.10. The molecule has 0 aliphatic carbocycles. The zero-order chi connectivity index (χ0) is 13.9. The molecule has 6 heteroatoms. The van der Waals surface area contributed by atoms with Crippen LogP contribution in [0, 0.1) is 0 Å². The van der Waals surface area contributed by atoms with Gasteiger partial charge in [0.25, 0.3) is 0 Å². The van der Waals surface area contributed by atoms with Gasteiger partial charge < -0.3 is 9.47 Å². The van der Waals surface area contributed by atoms with Crippen LogP contribution in [0.15, 0.2) is 18.2 Å². The fourth-order valence-electron chi connectivity index (χ4n) is 1.36. The molecule has 0 amide bonds. The molecule has 2 nitrogen and oxygen atoms in total. The van der Waals surface area contributed by atoms with E-state index < -0.39 is 24.7 Å². The first-order valence-corrected chi connectivity index (χ1v) is 5.24. The van der Waals surface area contributed by atoms with Gasteiger partial charge in [-0.05, 0) is 23.1 Å². The molecule has 0 saturated carbocycles. The molecule has 0 spiro atoms. The quantitative estimate of drug-likeness (QED) is 0.761. The number of rotatable bonds is 4. The van der Waals surface area contributed by atoms with Crippen LogP contribution in [0.25, 0.3) is 0 Å². The average Bonchev–Trinajstić information content (AvgIpc) is 2.17. The normalized spacial score (nSPS) is 12.1. The second kappa shape index (κ2) is 5.46. The van der Waals surface area contributed by atoms with Crippen LogP contribution in [0.3, 0.4) is 0 Å². The minimum absolute atomic E-state index is 0.316. The SMILES string of the molecule is CC(C)(C)c1ccc(OC(F)F)c(OC(F)F)c1. The summed E-state index contributed by atoms with van der Waals surface area (Å²) in [5.41, 5.74) is 0.364. The summed E-state index contributed by atoms with van der Waals surface area (Å²) in [5.74, 6) is -0.795. The van der Waals surface area contributed by atoms with Gasteiger partial charge in [-0.3, -0.25) is 0 Å². The monoisotopic (exact) mass is 266 g/mol. The van der Waals surface area contributed by atoms with Gasteiger partial charge in [-0.1, -0.05) is 26.8 Å². The highest BCUT2D eigenvalue weighted by molar-refractivity contribution is 5.44. The Hall–Kier alpha value is -1.46. The van der Waals surface area contributed by atoms with E-state index in [1.54, 1.807) is 0 Å². The fraction of sp³-hybridized carbons (Fsp3) is 0.500. The van der Waals surface area contributed by atoms with Crippen molar-refractivity contribution in [3.05, 3.63) is 23.8 Å². The lowest BCUT2D eigenvalue weighted by atomic mass is 9.87. The summed E-state index contributed by atoms with van der Waals surface area (Å²) in [7, 11) is 0. The molecule has 0 bridgehead atoms. The minimum Gasteiger partial charge on any atom is -0.431 e. The molecule has 0 heterocycles. The van der Waals surface area contributed by atoms with Crippen molar-refractivity contribution >= 4 is 0 Å². The molecule has 0 unspecified atom stereocenters. The maximum absolute atomic E-state index is 12.2. The van der Waals surface area contributed by atoms with Gasteiger partial charge >= 0.3 is 13.2 Å². The van der Waals surface area contributed by atoms with Gasteiger partial charge in [0, 0.05) is 0 Å². The average molecular weight is 266 g/mol. The Bertz CT molecular complexity index is 400. The largest absolute Gasteiger partial charge is 0.431 e. The molecule has 1 aromatic rings. The first-order chi connectivity index (χ1) is 8.20. The van der Waals surface area contributed by atoms with Gasteiger partial charge in [0.05, 0.1) is 0 Å². The standard InChI is InChI=1S/C12H14F4O2/c1-12(2,3)7-4-5-8(17-10(13)14)9(6-7)18-11(15)16/h4-6,10-11H,1-3H3. The van der Waals surface area contributed by atoms with Crippen LogP contribution in [0.5, 0.6) is 11.5 Å². The number of hydrogen-bond acceptors (Lipinski definition) is 2. The molecule has 0 fully saturated rings. The van der Waals surface area contributed by atoms with Crippen LogP contribution >= 0.6 is 0 Å². The molecule has 1 aromatic carbocycles. The van der Waals surface area contributed by atoms with Crippen LogP contribution in [0.1, 0.15) is 26.3 Å². The Balaban J connectivity index is 3.12. The van der Waals surface area contributed by atoms with E-state index in [2.05, 4.69) is 9.47 Å². The van der Waals surface area contributed by atoms with E-state index in [0.717, 1.165) is 0 Å². The summed E-state index contributed by atoms with van der Waals surface area (Å²) < 4.78 is 56.9. The highest BCUT2D eigenvalue weighted by Crippen LogP contribution is 2.35. The molecule has 0 aromatic heterocycles. The summed E-state index contributed by atoms with van der Waals surface area (Å²) >= 11 is 0. The third-order valence-electron chi connectivity index (χ3n) is 2.24. The summed E-state index contributed by atoms with van der Waals surface area (Å²) in [6.07, 6.45) is 0. The maximum atomic E-state index is 12.2. The molecule has 0 aliphatic rings. The number of benzene rings is 1. The van der Waals surface area contributed by atoms with Crippen LogP contribution in [0.2, 0.25) is 0 Å².